The van der Waals surface area contributed by atoms with E-state index in [-0.39, 0.29) is 23.4 Å². The van der Waals surface area contributed by atoms with Crippen LogP contribution in [0.25, 0.3) is 17.0 Å². The minimum Gasteiger partial charge on any atom is -0.506 e. The maximum Gasteiger partial charge on any atom is 0.325 e. The van der Waals surface area contributed by atoms with E-state index < -0.39 is 23.2 Å². The van der Waals surface area contributed by atoms with E-state index in [0.717, 1.165) is 6.08 Å². The van der Waals surface area contributed by atoms with Gasteiger partial charge in [0.05, 0.1) is 12.6 Å². The molecule has 0 saturated heterocycles. The third-order valence-electron chi connectivity index (χ3n) is 4.34. The molecule has 0 unspecified atom stereocenters. The number of aromatic hydroxyl groups is 1. The Bertz CT molecular complexity index is 1230. The first-order valence-corrected chi connectivity index (χ1v) is 8.92. The number of hydrogen-bond donors (Lipinski definition) is 3. The van der Waals surface area contributed by atoms with Crippen LogP contribution >= 0.6 is 0 Å². The van der Waals surface area contributed by atoms with Crippen LogP contribution in [0.1, 0.15) is 26.3 Å². The predicted octanol–water partition coefficient (Wildman–Crippen LogP) is 2.03. The first-order valence-electron chi connectivity index (χ1n) is 8.92. The molecule has 0 bridgehead atoms. The van der Waals surface area contributed by atoms with Gasteiger partial charge in [-0.25, -0.2) is 0 Å². The zero-order valence-corrected chi connectivity index (χ0v) is 16.0. The summed E-state index contributed by atoms with van der Waals surface area (Å²) in [5.74, 6) is -2.13. The number of esters is 1. The number of rotatable bonds is 6. The number of ether oxygens (including phenoxy) is 1. The number of amides is 1. The highest BCUT2D eigenvalue weighted by Gasteiger charge is 2.17. The molecule has 0 aliphatic rings. The molecule has 8 heteroatoms. The van der Waals surface area contributed by atoms with Crippen molar-refractivity contribution in [3.63, 3.8) is 0 Å². The van der Waals surface area contributed by atoms with Crippen molar-refractivity contribution >= 4 is 34.6 Å². The van der Waals surface area contributed by atoms with Gasteiger partial charge in [-0.15, -0.1) is 0 Å². The number of carbonyl (C=O) groups excluding carboxylic acids is 3. The van der Waals surface area contributed by atoms with E-state index in [1.807, 2.05) is 0 Å². The normalized spacial score (nSPS) is 10.8. The minimum atomic E-state index is -0.697. The Hall–Kier alpha value is -4.20. The van der Waals surface area contributed by atoms with Gasteiger partial charge < -0.3 is 20.1 Å². The molecule has 0 aliphatic heterocycles. The first kappa shape index (κ1) is 20.5. The molecule has 2 aromatic carbocycles. The smallest absolute Gasteiger partial charge is 0.325 e. The van der Waals surface area contributed by atoms with Gasteiger partial charge in [0.1, 0.15) is 17.9 Å². The van der Waals surface area contributed by atoms with Crippen molar-refractivity contribution < 1.29 is 24.2 Å². The number of ketones is 1. The summed E-state index contributed by atoms with van der Waals surface area (Å²) < 4.78 is 4.46. The van der Waals surface area contributed by atoms with Gasteiger partial charge in [0, 0.05) is 10.9 Å². The van der Waals surface area contributed by atoms with Gasteiger partial charge in [-0.05, 0) is 35.9 Å². The van der Waals surface area contributed by atoms with Crippen LogP contribution in [0.15, 0.2) is 59.4 Å². The lowest BCUT2D eigenvalue weighted by Crippen LogP contribution is -2.30. The number of allylic oxidation sites excluding steroid dienone is 1. The van der Waals surface area contributed by atoms with E-state index in [1.165, 1.54) is 19.3 Å². The zero-order chi connectivity index (χ0) is 21.7. The van der Waals surface area contributed by atoms with Crippen molar-refractivity contribution in [3.8, 4) is 5.75 Å². The topological polar surface area (TPSA) is 126 Å². The van der Waals surface area contributed by atoms with E-state index in [4.69, 9.17) is 0 Å². The molecule has 0 fully saturated rings. The second kappa shape index (κ2) is 8.87. The first-order chi connectivity index (χ1) is 14.4. The Balaban J connectivity index is 1.82. The number of H-pyrrole nitrogens is 1. The third kappa shape index (κ3) is 4.44. The van der Waals surface area contributed by atoms with Crippen molar-refractivity contribution in [2.24, 2.45) is 0 Å². The van der Waals surface area contributed by atoms with E-state index in [1.54, 1.807) is 42.5 Å². The number of pyridine rings is 1. The molecule has 0 atom stereocenters. The number of fused-ring (bicyclic) bond motifs is 1. The molecular weight excluding hydrogens is 388 g/mol. The Morgan fingerprint density at radius 1 is 1.13 bits per heavy atom. The summed E-state index contributed by atoms with van der Waals surface area (Å²) in [5, 5.41) is 13.1. The average molecular weight is 406 g/mol. The number of aromatic nitrogens is 1. The maximum absolute atomic E-state index is 12.5. The summed E-state index contributed by atoms with van der Waals surface area (Å²) >= 11 is 0. The van der Waals surface area contributed by atoms with Crippen LogP contribution in [0.4, 0.5) is 0 Å². The summed E-state index contributed by atoms with van der Waals surface area (Å²) in [6, 6.07) is 12.9. The van der Waals surface area contributed by atoms with Crippen molar-refractivity contribution in [3.05, 3.63) is 81.7 Å². The van der Waals surface area contributed by atoms with Gasteiger partial charge in [-0.1, -0.05) is 30.3 Å². The Kier molecular flexibility index (Phi) is 6.07. The Morgan fingerprint density at radius 3 is 2.67 bits per heavy atom. The van der Waals surface area contributed by atoms with Crippen LogP contribution in [0, 0.1) is 0 Å². The molecule has 1 amide bonds. The fourth-order valence-corrected chi connectivity index (χ4v) is 2.82. The fraction of sp³-hybridized carbons (Fsp3) is 0.0909. The van der Waals surface area contributed by atoms with Gasteiger partial charge in [0.15, 0.2) is 5.78 Å². The molecule has 3 N–H and O–H groups in total. The van der Waals surface area contributed by atoms with Crippen LogP contribution in [0.5, 0.6) is 5.75 Å². The highest BCUT2D eigenvalue weighted by Crippen LogP contribution is 2.25. The second-order valence-electron chi connectivity index (χ2n) is 6.31. The Morgan fingerprint density at radius 2 is 1.90 bits per heavy atom. The molecule has 0 radical (unpaired) electrons. The van der Waals surface area contributed by atoms with Gasteiger partial charge in [0.25, 0.3) is 11.5 Å². The summed E-state index contributed by atoms with van der Waals surface area (Å²) in [4.78, 5) is 50.6. The van der Waals surface area contributed by atoms with Crippen LogP contribution < -0.4 is 10.9 Å². The van der Waals surface area contributed by atoms with E-state index in [0.29, 0.717) is 16.5 Å². The number of para-hydroxylation sites is 1. The summed E-state index contributed by atoms with van der Waals surface area (Å²) in [7, 11) is 1.22. The number of hydrogen-bond acceptors (Lipinski definition) is 6. The van der Waals surface area contributed by atoms with E-state index >= 15 is 0 Å². The largest absolute Gasteiger partial charge is 0.506 e. The van der Waals surface area contributed by atoms with Gasteiger partial charge in [0.2, 0.25) is 0 Å². The number of benzene rings is 2. The molecule has 8 nitrogen and oxygen atoms in total. The molecule has 3 aromatic rings. The van der Waals surface area contributed by atoms with E-state index in [9.17, 15) is 24.3 Å². The molecule has 3 rings (SSSR count). The molecule has 0 saturated carbocycles. The summed E-state index contributed by atoms with van der Waals surface area (Å²) in [6.07, 6.45) is 2.57. The average Bonchev–Trinajstić information content (AvgIpc) is 2.76. The molecule has 30 heavy (non-hydrogen) atoms. The lowest BCUT2D eigenvalue weighted by atomic mass is 10.1. The standard InChI is InChI=1S/C22H18N2O6/c1-30-18(26)12-23-21(28)14-6-4-5-13(11-14)9-10-17(25)19-20(27)15-7-2-3-8-16(15)24-22(19)29/h2-11H,12H2,1H3,(H,23,28)(H2,24,27,29). The summed E-state index contributed by atoms with van der Waals surface area (Å²) in [6.45, 7) is -0.266. The lowest BCUT2D eigenvalue weighted by molar-refractivity contribution is -0.139. The lowest BCUT2D eigenvalue weighted by Gasteiger charge is -2.05. The molecule has 0 spiro atoms. The molecule has 1 aromatic heterocycles. The molecule has 0 aliphatic carbocycles. The number of carbonyl (C=O) groups is 3. The second-order valence-corrected chi connectivity index (χ2v) is 6.31. The van der Waals surface area contributed by atoms with Gasteiger partial charge in [-0.2, -0.15) is 0 Å². The summed E-state index contributed by atoms with van der Waals surface area (Å²) in [5.41, 5.74) is 0.158. The van der Waals surface area contributed by atoms with E-state index in [2.05, 4.69) is 15.0 Å². The van der Waals surface area contributed by atoms with Crippen LogP contribution in [-0.2, 0) is 9.53 Å². The maximum atomic E-state index is 12.5. The van der Waals surface area contributed by atoms with Crippen molar-refractivity contribution in [2.75, 3.05) is 13.7 Å². The molecular formula is C22H18N2O6. The molecule has 1 heterocycles. The van der Waals surface area contributed by atoms with Crippen LogP contribution in [0.2, 0.25) is 0 Å². The van der Waals surface area contributed by atoms with Crippen molar-refractivity contribution in [2.45, 2.75) is 0 Å². The predicted molar refractivity (Wildman–Crippen MR) is 110 cm³/mol. The van der Waals surface area contributed by atoms with Gasteiger partial charge >= 0.3 is 5.97 Å². The number of nitrogens with one attached hydrogen (secondary N) is 2. The van der Waals surface area contributed by atoms with Crippen LogP contribution in [0.3, 0.4) is 0 Å². The zero-order valence-electron chi connectivity index (χ0n) is 16.0. The SMILES string of the molecule is COC(=O)CNC(=O)c1cccc(C=CC(=O)c2c(O)c3ccccc3[nH]c2=O)c1. The van der Waals surface area contributed by atoms with Crippen LogP contribution in [-0.4, -0.2) is 41.4 Å². The highest BCUT2D eigenvalue weighted by molar-refractivity contribution is 6.11. The van der Waals surface area contributed by atoms with Crippen molar-refractivity contribution in [1.82, 2.24) is 10.3 Å². The monoisotopic (exact) mass is 406 g/mol. The fourth-order valence-electron chi connectivity index (χ4n) is 2.82. The quantitative estimate of drug-likeness (QED) is 0.327. The van der Waals surface area contributed by atoms with Gasteiger partial charge in [-0.3, -0.25) is 19.2 Å². The molecule has 152 valence electrons. The minimum absolute atomic E-state index is 0.266. The number of aromatic amines is 1. The third-order valence-corrected chi connectivity index (χ3v) is 4.34. The van der Waals surface area contributed by atoms with Crippen molar-refractivity contribution in [1.29, 1.82) is 0 Å². The number of methoxy groups -OCH3 is 1. The Labute approximate surface area is 170 Å². The highest BCUT2D eigenvalue weighted by atomic mass is 16.5.